The maximum atomic E-state index is 6.01. The Hall–Kier alpha value is -4.12. The van der Waals surface area contributed by atoms with Crippen LogP contribution in [0.4, 0.5) is 0 Å². The van der Waals surface area contributed by atoms with E-state index in [0.717, 1.165) is 66.9 Å². The van der Waals surface area contributed by atoms with Gasteiger partial charge in [0.1, 0.15) is 23.2 Å². The van der Waals surface area contributed by atoms with Crippen molar-refractivity contribution in [1.29, 1.82) is 0 Å². The molecule has 5 heteroatoms. The van der Waals surface area contributed by atoms with Gasteiger partial charge in [0.2, 0.25) is 0 Å². The molecule has 0 unspecified atom stereocenters. The fourth-order valence-electron chi connectivity index (χ4n) is 4.47. The highest BCUT2D eigenvalue weighted by atomic mass is 16.5. The van der Waals surface area contributed by atoms with Crippen LogP contribution in [0, 0.1) is 0 Å². The van der Waals surface area contributed by atoms with E-state index in [0.29, 0.717) is 0 Å². The van der Waals surface area contributed by atoms with Crippen molar-refractivity contribution in [2.24, 2.45) is 9.98 Å². The summed E-state index contributed by atoms with van der Waals surface area (Å²) >= 11 is 0. The zero-order valence-electron chi connectivity index (χ0n) is 18.9. The topological polar surface area (TPSA) is 58.0 Å². The van der Waals surface area contributed by atoms with Crippen molar-refractivity contribution in [2.45, 2.75) is 6.42 Å². The van der Waals surface area contributed by atoms with E-state index in [1.54, 1.807) is 0 Å². The predicted octanol–water partition coefficient (Wildman–Crippen LogP) is 4.94. The molecular weight excluding hydrogens is 420 g/mol. The van der Waals surface area contributed by atoms with Crippen LogP contribution in [-0.4, -0.2) is 37.9 Å². The monoisotopic (exact) mass is 446 g/mol. The van der Waals surface area contributed by atoms with Gasteiger partial charge >= 0.3 is 0 Å². The molecular formula is C29H26N4O. The van der Waals surface area contributed by atoms with Crippen molar-refractivity contribution in [3.8, 4) is 11.5 Å². The highest BCUT2D eigenvalue weighted by Gasteiger charge is 2.18. The summed E-state index contributed by atoms with van der Waals surface area (Å²) in [6, 6.07) is 22.9. The largest absolute Gasteiger partial charge is 0.457 e. The maximum Gasteiger partial charge on any atom is 0.128 e. The molecule has 1 aliphatic carbocycles. The fraction of sp³-hybridized carbons (Fsp3) is 0.172. The Balaban J connectivity index is 1.10. The standard InChI is InChI=1S/C29H26N4O/c1(2-21-3-6-23-18-25(19-24(23)17-21)29-32-15-16-33-29)20-4-9-26(10-5-20)34-27-11-7-22(8-12-27)28-30-13-14-31-28/h1-12,17,19H,13-16,18H2,(H,30,31)(H,32,33)/b2-1+. The van der Waals surface area contributed by atoms with E-state index in [-0.39, 0.29) is 0 Å². The van der Waals surface area contributed by atoms with Gasteiger partial charge in [0.15, 0.2) is 0 Å². The molecule has 5 nitrogen and oxygen atoms in total. The third kappa shape index (κ3) is 4.37. The number of hydrogen-bond acceptors (Lipinski definition) is 5. The smallest absolute Gasteiger partial charge is 0.128 e. The first-order valence-electron chi connectivity index (χ1n) is 11.8. The van der Waals surface area contributed by atoms with Crippen molar-refractivity contribution >= 4 is 29.9 Å². The average molecular weight is 447 g/mol. The Morgan fingerprint density at radius 2 is 1.35 bits per heavy atom. The van der Waals surface area contributed by atoms with Crippen molar-refractivity contribution < 1.29 is 4.74 Å². The molecule has 2 aliphatic heterocycles. The first-order chi connectivity index (χ1) is 16.8. The zero-order valence-corrected chi connectivity index (χ0v) is 18.9. The van der Waals surface area contributed by atoms with Crippen LogP contribution < -0.4 is 15.4 Å². The summed E-state index contributed by atoms with van der Waals surface area (Å²) in [7, 11) is 0. The minimum Gasteiger partial charge on any atom is -0.457 e. The van der Waals surface area contributed by atoms with Crippen molar-refractivity contribution in [2.75, 3.05) is 26.2 Å². The summed E-state index contributed by atoms with van der Waals surface area (Å²) in [6.07, 6.45) is 7.52. The Morgan fingerprint density at radius 1 is 0.706 bits per heavy atom. The first kappa shape index (κ1) is 20.5. The molecule has 0 atom stereocenters. The maximum absolute atomic E-state index is 6.01. The van der Waals surface area contributed by atoms with Gasteiger partial charge in [-0.15, -0.1) is 0 Å². The Bertz CT molecular complexity index is 1330. The van der Waals surface area contributed by atoms with E-state index in [1.807, 2.05) is 36.4 Å². The predicted molar refractivity (Wildman–Crippen MR) is 140 cm³/mol. The van der Waals surface area contributed by atoms with Crippen molar-refractivity contribution in [1.82, 2.24) is 10.6 Å². The van der Waals surface area contributed by atoms with Crippen LogP contribution in [0.5, 0.6) is 11.5 Å². The lowest BCUT2D eigenvalue weighted by molar-refractivity contribution is 0.482. The molecule has 0 saturated heterocycles. The van der Waals surface area contributed by atoms with E-state index in [2.05, 4.69) is 69.2 Å². The molecule has 3 aromatic carbocycles. The Kier molecular flexibility index (Phi) is 5.44. The van der Waals surface area contributed by atoms with Gasteiger partial charge in [0.25, 0.3) is 0 Å². The van der Waals surface area contributed by atoms with Gasteiger partial charge in [-0.2, -0.15) is 0 Å². The molecule has 0 bridgehead atoms. The van der Waals surface area contributed by atoms with Crippen LogP contribution in [0.2, 0.25) is 0 Å². The fourth-order valence-corrected chi connectivity index (χ4v) is 4.47. The Labute approximate surface area is 199 Å². The van der Waals surface area contributed by atoms with Gasteiger partial charge in [0, 0.05) is 25.1 Å². The summed E-state index contributed by atoms with van der Waals surface area (Å²) in [6.45, 7) is 3.57. The molecule has 0 fully saturated rings. The van der Waals surface area contributed by atoms with Gasteiger partial charge in [-0.25, -0.2) is 0 Å². The molecule has 0 radical (unpaired) electrons. The van der Waals surface area contributed by atoms with E-state index >= 15 is 0 Å². The summed E-state index contributed by atoms with van der Waals surface area (Å²) in [4.78, 5) is 9.01. The van der Waals surface area contributed by atoms with Crippen LogP contribution in [0.25, 0.3) is 18.2 Å². The number of ether oxygens (including phenoxy) is 1. The summed E-state index contributed by atoms with van der Waals surface area (Å²) in [5.74, 6) is 3.66. The summed E-state index contributed by atoms with van der Waals surface area (Å²) in [5.41, 5.74) is 7.37. The first-order valence-corrected chi connectivity index (χ1v) is 11.8. The molecule has 2 heterocycles. The number of benzene rings is 3. The Morgan fingerprint density at radius 3 is 2.06 bits per heavy atom. The molecule has 6 rings (SSSR count). The van der Waals surface area contributed by atoms with Gasteiger partial charge in [-0.1, -0.05) is 36.4 Å². The molecule has 2 N–H and O–H groups in total. The number of aliphatic imine (C=N–C) groups is 2. The quantitative estimate of drug-likeness (QED) is 0.528. The van der Waals surface area contributed by atoms with E-state index in [9.17, 15) is 0 Å². The number of fused-ring (bicyclic) bond motifs is 1. The molecule has 0 aromatic heterocycles. The van der Waals surface area contributed by atoms with Crippen molar-refractivity contribution in [3.63, 3.8) is 0 Å². The number of amidine groups is 2. The van der Waals surface area contributed by atoms with Crippen LogP contribution in [0.3, 0.4) is 0 Å². The lowest BCUT2D eigenvalue weighted by Crippen LogP contribution is -2.20. The molecule has 34 heavy (non-hydrogen) atoms. The lowest BCUT2D eigenvalue weighted by atomic mass is 10.0. The van der Waals surface area contributed by atoms with E-state index in [4.69, 9.17) is 4.74 Å². The lowest BCUT2D eigenvalue weighted by Gasteiger charge is -2.07. The third-order valence-corrected chi connectivity index (χ3v) is 6.24. The normalized spacial score (nSPS) is 16.5. The number of nitrogens with zero attached hydrogens (tertiary/aromatic N) is 2. The minimum absolute atomic E-state index is 0.815. The average Bonchev–Trinajstić information content (AvgIpc) is 3.65. The molecule has 0 spiro atoms. The minimum atomic E-state index is 0.815. The number of nitrogens with one attached hydrogen (secondary N) is 2. The third-order valence-electron chi connectivity index (χ3n) is 6.24. The van der Waals surface area contributed by atoms with Gasteiger partial charge in [-0.05, 0) is 76.4 Å². The summed E-state index contributed by atoms with van der Waals surface area (Å²) < 4.78 is 6.01. The van der Waals surface area contributed by atoms with Gasteiger partial charge in [-0.3, -0.25) is 9.98 Å². The molecule has 3 aromatic rings. The summed E-state index contributed by atoms with van der Waals surface area (Å²) in [5, 5.41) is 6.67. The highest BCUT2D eigenvalue weighted by molar-refractivity contribution is 6.05. The number of rotatable bonds is 6. The second-order valence-corrected chi connectivity index (χ2v) is 8.65. The molecule has 3 aliphatic rings. The van der Waals surface area contributed by atoms with E-state index < -0.39 is 0 Å². The SMILES string of the molecule is C1=C(C2=NCCN2)Cc2ccc(/C=C/c3ccc(Oc4ccc(C5=NCCN5)cc4)cc3)cc21. The highest BCUT2D eigenvalue weighted by Crippen LogP contribution is 2.28. The van der Waals surface area contributed by atoms with Crippen LogP contribution >= 0.6 is 0 Å². The molecule has 0 saturated carbocycles. The van der Waals surface area contributed by atoms with Gasteiger partial charge in [0.05, 0.1) is 13.1 Å². The second kappa shape index (κ2) is 9.02. The van der Waals surface area contributed by atoms with E-state index in [1.165, 1.54) is 22.3 Å². The van der Waals surface area contributed by atoms with Crippen LogP contribution in [0.1, 0.15) is 27.8 Å². The van der Waals surface area contributed by atoms with Crippen molar-refractivity contribution in [3.05, 3.63) is 100 Å². The van der Waals surface area contributed by atoms with Gasteiger partial charge < -0.3 is 15.4 Å². The zero-order chi connectivity index (χ0) is 22.7. The van der Waals surface area contributed by atoms with Crippen LogP contribution in [0.15, 0.2) is 82.3 Å². The van der Waals surface area contributed by atoms with Crippen LogP contribution in [-0.2, 0) is 6.42 Å². The molecule has 168 valence electrons. The molecule has 0 amide bonds. The number of hydrogen-bond donors (Lipinski definition) is 2. The second-order valence-electron chi connectivity index (χ2n) is 8.65.